The van der Waals surface area contributed by atoms with Gasteiger partial charge in [0.2, 0.25) is 0 Å². The van der Waals surface area contributed by atoms with Crippen molar-refractivity contribution in [3.8, 4) is 0 Å². The van der Waals surface area contributed by atoms with E-state index in [9.17, 15) is 4.79 Å². The molecule has 2 heteroatoms. The van der Waals surface area contributed by atoms with Crippen molar-refractivity contribution >= 4 is 5.78 Å². The Labute approximate surface area is 131 Å². The minimum absolute atomic E-state index is 0.0365. The number of rotatable bonds is 2. The molecule has 2 nitrogen and oxygen atoms in total. The first-order chi connectivity index (χ1) is 10.8. The fraction of sp³-hybridized carbons (Fsp3) is 0.350. The number of carbonyl (C=O) groups is 1. The van der Waals surface area contributed by atoms with Gasteiger partial charge in [0, 0.05) is 16.9 Å². The van der Waals surface area contributed by atoms with Gasteiger partial charge >= 0.3 is 0 Å². The van der Waals surface area contributed by atoms with Crippen LogP contribution in [-0.2, 0) is 11.8 Å². The monoisotopic (exact) mass is 291 g/mol. The molecule has 0 unspecified atom stereocenters. The first-order valence-electron chi connectivity index (χ1n) is 8.20. The minimum atomic E-state index is 0.0365. The molecule has 0 bridgehead atoms. The molecule has 4 rings (SSSR count). The summed E-state index contributed by atoms with van der Waals surface area (Å²) >= 11 is 0. The summed E-state index contributed by atoms with van der Waals surface area (Å²) in [6.45, 7) is 2.01. The van der Waals surface area contributed by atoms with Crippen LogP contribution in [0.3, 0.4) is 0 Å². The third kappa shape index (κ3) is 2.02. The average Bonchev–Trinajstić information content (AvgIpc) is 2.80. The van der Waals surface area contributed by atoms with Gasteiger partial charge in [-0.1, -0.05) is 54.6 Å². The van der Waals surface area contributed by atoms with Crippen LogP contribution in [0.15, 0.2) is 54.6 Å². The SMILES string of the molecule is O=C1c2ccccc2C2(CCNCC2)[C@H]1Cc1ccccc1. The smallest absolute Gasteiger partial charge is 0.167 e. The Bertz CT molecular complexity index is 686. The van der Waals surface area contributed by atoms with Crippen LogP contribution < -0.4 is 5.32 Å². The lowest BCUT2D eigenvalue weighted by Gasteiger charge is -2.39. The summed E-state index contributed by atoms with van der Waals surface area (Å²) in [5.41, 5.74) is 3.56. The maximum Gasteiger partial charge on any atom is 0.167 e. The summed E-state index contributed by atoms with van der Waals surface area (Å²) in [5.74, 6) is 0.441. The lowest BCUT2D eigenvalue weighted by molar-refractivity contribution is 0.0856. The molecule has 22 heavy (non-hydrogen) atoms. The van der Waals surface area contributed by atoms with Crippen LogP contribution in [0.4, 0.5) is 0 Å². The Balaban J connectivity index is 1.78. The van der Waals surface area contributed by atoms with Crippen molar-refractivity contribution in [2.45, 2.75) is 24.7 Å². The van der Waals surface area contributed by atoms with Crippen molar-refractivity contribution in [1.82, 2.24) is 5.32 Å². The molecule has 1 saturated heterocycles. The highest BCUT2D eigenvalue weighted by Crippen LogP contribution is 2.50. The van der Waals surface area contributed by atoms with E-state index in [1.807, 2.05) is 18.2 Å². The minimum Gasteiger partial charge on any atom is -0.317 e. The molecule has 1 fully saturated rings. The second-order valence-electron chi connectivity index (χ2n) is 6.56. The molecule has 2 aromatic carbocycles. The summed E-state index contributed by atoms with van der Waals surface area (Å²) in [5, 5.41) is 3.45. The number of benzene rings is 2. The Hall–Kier alpha value is -1.93. The molecule has 1 aliphatic heterocycles. The maximum absolute atomic E-state index is 13.1. The zero-order valence-electron chi connectivity index (χ0n) is 12.7. The van der Waals surface area contributed by atoms with Gasteiger partial charge in [-0.3, -0.25) is 4.79 Å². The Kier molecular flexibility index (Phi) is 3.34. The van der Waals surface area contributed by atoms with Crippen LogP contribution in [-0.4, -0.2) is 18.9 Å². The number of Topliss-reactive ketones (excluding diaryl/α,β-unsaturated/α-hetero) is 1. The molecule has 1 atom stereocenters. The second kappa shape index (κ2) is 5.36. The van der Waals surface area contributed by atoms with Gasteiger partial charge < -0.3 is 5.32 Å². The number of hydrogen-bond acceptors (Lipinski definition) is 2. The van der Waals surface area contributed by atoms with E-state index in [4.69, 9.17) is 0 Å². The number of piperidine rings is 1. The van der Waals surface area contributed by atoms with E-state index in [1.54, 1.807) is 0 Å². The van der Waals surface area contributed by atoms with Gasteiger partial charge in [0.1, 0.15) is 0 Å². The van der Waals surface area contributed by atoms with Crippen LogP contribution in [0.2, 0.25) is 0 Å². The van der Waals surface area contributed by atoms with E-state index in [1.165, 1.54) is 11.1 Å². The lowest BCUT2D eigenvalue weighted by atomic mass is 9.66. The fourth-order valence-corrected chi connectivity index (χ4v) is 4.39. The van der Waals surface area contributed by atoms with Gasteiger partial charge in [-0.05, 0) is 43.5 Å². The van der Waals surface area contributed by atoms with Gasteiger partial charge in [0.25, 0.3) is 0 Å². The predicted octanol–water partition coefficient (Wildman–Crippen LogP) is 3.36. The van der Waals surface area contributed by atoms with Crippen LogP contribution in [0.5, 0.6) is 0 Å². The number of carbonyl (C=O) groups excluding carboxylic acids is 1. The van der Waals surface area contributed by atoms with Crippen molar-refractivity contribution in [2.75, 3.05) is 13.1 Å². The average molecular weight is 291 g/mol. The highest BCUT2D eigenvalue weighted by molar-refractivity contribution is 6.04. The van der Waals surface area contributed by atoms with E-state index in [0.29, 0.717) is 5.78 Å². The lowest BCUT2D eigenvalue weighted by Crippen LogP contribution is -2.44. The van der Waals surface area contributed by atoms with E-state index in [-0.39, 0.29) is 11.3 Å². The Morgan fingerprint density at radius 1 is 0.955 bits per heavy atom. The third-order valence-electron chi connectivity index (χ3n) is 5.49. The molecule has 2 aliphatic rings. The van der Waals surface area contributed by atoms with Gasteiger partial charge in [0.15, 0.2) is 5.78 Å². The first-order valence-corrected chi connectivity index (χ1v) is 8.20. The van der Waals surface area contributed by atoms with Crippen molar-refractivity contribution in [3.05, 3.63) is 71.3 Å². The molecular formula is C20H21NO. The molecule has 1 aliphatic carbocycles. The topological polar surface area (TPSA) is 29.1 Å². The molecular weight excluding hydrogens is 270 g/mol. The first kappa shape index (κ1) is 13.7. The van der Waals surface area contributed by atoms with Crippen LogP contribution in [0, 0.1) is 5.92 Å². The number of nitrogens with one attached hydrogen (secondary N) is 1. The van der Waals surface area contributed by atoms with Crippen molar-refractivity contribution < 1.29 is 4.79 Å². The summed E-state index contributed by atoms with van der Waals surface area (Å²) in [4.78, 5) is 13.1. The third-order valence-corrected chi connectivity index (χ3v) is 5.49. The molecule has 0 aromatic heterocycles. The van der Waals surface area contributed by atoms with E-state index in [2.05, 4.69) is 41.7 Å². The van der Waals surface area contributed by atoms with Crippen LogP contribution in [0.1, 0.15) is 34.3 Å². The molecule has 0 radical (unpaired) electrons. The van der Waals surface area contributed by atoms with Crippen molar-refractivity contribution in [3.63, 3.8) is 0 Å². The summed E-state index contributed by atoms with van der Waals surface area (Å²) < 4.78 is 0. The van der Waals surface area contributed by atoms with Crippen molar-refractivity contribution in [2.24, 2.45) is 5.92 Å². The van der Waals surface area contributed by atoms with E-state index >= 15 is 0 Å². The largest absolute Gasteiger partial charge is 0.317 e. The number of ketones is 1. The summed E-state index contributed by atoms with van der Waals surface area (Å²) in [6.07, 6.45) is 2.98. The Morgan fingerprint density at radius 3 is 2.41 bits per heavy atom. The summed E-state index contributed by atoms with van der Waals surface area (Å²) in [7, 11) is 0. The molecule has 1 N–H and O–H groups in total. The maximum atomic E-state index is 13.1. The molecule has 1 heterocycles. The molecule has 112 valence electrons. The molecule has 0 saturated carbocycles. The van der Waals surface area contributed by atoms with Crippen LogP contribution in [0.25, 0.3) is 0 Å². The quantitative estimate of drug-likeness (QED) is 0.919. The second-order valence-corrected chi connectivity index (χ2v) is 6.56. The van der Waals surface area contributed by atoms with Gasteiger partial charge in [-0.2, -0.15) is 0 Å². The van der Waals surface area contributed by atoms with Gasteiger partial charge in [-0.15, -0.1) is 0 Å². The number of hydrogen-bond donors (Lipinski definition) is 1. The highest BCUT2D eigenvalue weighted by Gasteiger charge is 2.51. The highest BCUT2D eigenvalue weighted by atomic mass is 16.1. The molecule has 0 amide bonds. The zero-order chi connectivity index (χ0) is 15.0. The normalized spacial score (nSPS) is 22.7. The van der Waals surface area contributed by atoms with E-state index < -0.39 is 0 Å². The summed E-state index contributed by atoms with van der Waals surface area (Å²) in [6, 6.07) is 18.7. The Morgan fingerprint density at radius 2 is 1.64 bits per heavy atom. The van der Waals surface area contributed by atoms with Crippen LogP contribution >= 0.6 is 0 Å². The fourth-order valence-electron chi connectivity index (χ4n) is 4.39. The zero-order valence-corrected chi connectivity index (χ0v) is 12.7. The standard InChI is InChI=1S/C20H21NO/c22-19-16-8-4-5-9-17(16)20(10-12-21-13-11-20)18(19)14-15-6-2-1-3-7-15/h1-9,18,21H,10-14H2/t18-/m0/s1. The van der Waals surface area contributed by atoms with Gasteiger partial charge in [0.05, 0.1) is 0 Å². The van der Waals surface area contributed by atoms with Gasteiger partial charge in [-0.25, -0.2) is 0 Å². The molecule has 2 aromatic rings. The predicted molar refractivity (Wildman–Crippen MR) is 88.2 cm³/mol. The van der Waals surface area contributed by atoms with Crippen molar-refractivity contribution in [1.29, 1.82) is 0 Å². The van der Waals surface area contributed by atoms with E-state index in [0.717, 1.165) is 37.9 Å². The molecule has 1 spiro atoms. The number of fused-ring (bicyclic) bond motifs is 2.